The molecule has 0 aromatic rings. The Bertz CT molecular complexity index is 341. The Hall–Kier alpha value is -1.10. The lowest BCUT2D eigenvalue weighted by Gasteiger charge is -2.42. The molecule has 1 aliphatic carbocycles. The van der Waals surface area contributed by atoms with Gasteiger partial charge in [0.15, 0.2) is 0 Å². The highest BCUT2D eigenvalue weighted by Gasteiger charge is 2.48. The van der Waals surface area contributed by atoms with Gasteiger partial charge in [-0.3, -0.25) is 9.59 Å². The summed E-state index contributed by atoms with van der Waals surface area (Å²) in [5, 5.41) is 2.84. The minimum atomic E-state index is -0.369. The highest BCUT2D eigenvalue weighted by molar-refractivity contribution is 5.97. The molecule has 1 saturated heterocycles. The van der Waals surface area contributed by atoms with Gasteiger partial charge in [0.05, 0.1) is 12.6 Å². The van der Waals surface area contributed by atoms with E-state index < -0.39 is 0 Å². The van der Waals surface area contributed by atoms with Gasteiger partial charge >= 0.3 is 0 Å². The van der Waals surface area contributed by atoms with Crippen LogP contribution >= 0.6 is 0 Å². The summed E-state index contributed by atoms with van der Waals surface area (Å²) < 4.78 is 5.13. The summed E-state index contributed by atoms with van der Waals surface area (Å²) in [5.41, 5.74) is 0. The van der Waals surface area contributed by atoms with Crippen molar-refractivity contribution in [1.29, 1.82) is 0 Å². The number of ether oxygens (including phenoxy) is 1. The lowest BCUT2D eigenvalue weighted by Crippen LogP contribution is -2.66. The summed E-state index contributed by atoms with van der Waals surface area (Å²) in [6, 6.07) is -0.703. The number of carbonyl (C=O) groups excluding carboxylic acids is 2. The Morgan fingerprint density at radius 3 is 2.61 bits per heavy atom. The van der Waals surface area contributed by atoms with Crippen LogP contribution in [0, 0.1) is 5.92 Å². The van der Waals surface area contributed by atoms with Gasteiger partial charge in [-0.2, -0.15) is 0 Å². The summed E-state index contributed by atoms with van der Waals surface area (Å²) in [5.74, 6) is 0.386. The first-order valence-corrected chi connectivity index (χ1v) is 6.71. The molecule has 0 aromatic carbocycles. The van der Waals surface area contributed by atoms with E-state index in [1.54, 1.807) is 12.0 Å². The van der Waals surface area contributed by atoms with Crippen LogP contribution in [0.4, 0.5) is 0 Å². The molecule has 2 aliphatic rings. The first kappa shape index (κ1) is 13.3. The topological polar surface area (TPSA) is 58.6 Å². The van der Waals surface area contributed by atoms with Gasteiger partial charge in [-0.15, -0.1) is 0 Å². The fourth-order valence-electron chi connectivity index (χ4n) is 2.70. The molecule has 1 N–H and O–H groups in total. The van der Waals surface area contributed by atoms with Crippen LogP contribution in [-0.2, 0) is 14.3 Å². The zero-order chi connectivity index (χ0) is 13.3. The molecular formula is C13H22N2O3. The number of nitrogens with one attached hydrogen (secondary N) is 1. The van der Waals surface area contributed by atoms with Crippen LogP contribution in [0.25, 0.3) is 0 Å². The van der Waals surface area contributed by atoms with E-state index in [-0.39, 0.29) is 29.9 Å². The largest absolute Gasteiger partial charge is 0.383 e. The Morgan fingerprint density at radius 2 is 2.11 bits per heavy atom. The standard InChI is InChI=1S/C13H22N2O3/c1-4-10-13(17)15(8(2)7-18-3)11(9-5-6-9)12(16)14-10/h8-11H,4-7H2,1-3H3,(H,14,16). The van der Waals surface area contributed by atoms with Crippen LogP contribution in [0.3, 0.4) is 0 Å². The maximum atomic E-state index is 12.4. The molecule has 3 unspecified atom stereocenters. The summed E-state index contributed by atoms with van der Waals surface area (Å²) >= 11 is 0. The van der Waals surface area contributed by atoms with Crippen LogP contribution in [0.5, 0.6) is 0 Å². The highest BCUT2D eigenvalue weighted by Crippen LogP contribution is 2.37. The van der Waals surface area contributed by atoms with Crippen LogP contribution in [-0.4, -0.2) is 48.6 Å². The van der Waals surface area contributed by atoms with E-state index in [2.05, 4.69) is 5.32 Å². The third-order valence-electron chi connectivity index (χ3n) is 3.80. The van der Waals surface area contributed by atoms with Crippen molar-refractivity contribution in [2.24, 2.45) is 5.92 Å². The van der Waals surface area contributed by atoms with Crippen molar-refractivity contribution in [2.75, 3.05) is 13.7 Å². The highest BCUT2D eigenvalue weighted by atomic mass is 16.5. The van der Waals surface area contributed by atoms with Gasteiger partial charge in [0, 0.05) is 7.11 Å². The van der Waals surface area contributed by atoms with Gasteiger partial charge < -0.3 is 15.0 Å². The molecule has 2 fully saturated rings. The Labute approximate surface area is 108 Å². The predicted octanol–water partition coefficient (Wildman–Crippen LogP) is 0.537. The molecule has 2 rings (SSSR count). The molecular weight excluding hydrogens is 232 g/mol. The molecule has 5 nitrogen and oxygen atoms in total. The van der Waals surface area contributed by atoms with Crippen LogP contribution in [0.1, 0.15) is 33.1 Å². The SMILES string of the molecule is CCC1NC(=O)C(C2CC2)N(C(C)COC)C1=O. The smallest absolute Gasteiger partial charge is 0.246 e. The van der Waals surface area contributed by atoms with Gasteiger partial charge in [0.25, 0.3) is 0 Å². The first-order valence-electron chi connectivity index (χ1n) is 6.71. The molecule has 0 bridgehead atoms. The summed E-state index contributed by atoms with van der Waals surface area (Å²) in [7, 11) is 1.62. The average Bonchev–Trinajstić information content (AvgIpc) is 3.15. The minimum absolute atomic E-state index is 0.00639. The van der Waals surface area contributed by atoms with E-state index >= 15 is 0 Å². The minimum Gasteiger partial charge on any atom is -0.383 e. The Morgan fingerprint density at radius 1 is 1.44 bits per heavy atom. The summed E-state index contributed by atoms with van der Waals surface area (Å²) in [6.45, 7) is 4.33. The third-order valence-corrected chi connectivity index (χ3v) is 3.80. The van der Waals surface area contributed by atoms with Gasteiger partial charge in [-0.1, -0.05) is 6.92 Å². The van der Waals surface area contributed by atoms with Gasteiger partial charge in [0.2, 0.25) is 11.8 Å². The number of piperazine rings is 1. The predicted molar refractivity (Wildman–Crippen MR) is 66.9 cm³/mol. The van der Waals surface area contributed by atoms with Crippen LogP contribution < -0.4 is 5.32 Å². The van der Waals surface area contributed by atoms with Gasteiger partial charge in [-0.05, 0) is 32.1 Å². The number of amides is 2. The fraction of sp³-hybridized carbons (Fsp3) is 0.846. The van der Waals surface area contributed by atoms with Crippen molar-refractivity contribution in [3.05, 3.63) is 0 Å². The lowest BCUT2D eigenvalue weighted by molar-refractivity contribution is -0.154. The van der Waals surface area contributed by atoms with Crippen molar-refractivity contribution < 1.29 is 14.3 Å². The second-order valence-corrected chi connectivity index (χ2v) is 5.30. The molecule has 0 spiro atoms. The molecule has 2 amide bonds. The Balaban J connectivity index is 2.21. The van der Waals surface area contributed by atoms with E-state index in [0.29, 0.717) is 18.9 Å². The molecule has 1 heterocycles. The molecule has 1 saturated carbocycles. The fourth-order valence-corrected chi connectivity index (χ4v) is 2.70. The number of hydrogen-bond donors (Lipinski definition) is 1. The third kappa shape index (κ3) is 2.36. The summed E-state index contributed by atoms with van der Waals surface area (Å²) in [4.78, 5) is 26.3. The normalized spacial score (nSPS) is 30.3. The van der Waals surface area contributed by atoms with E-state index in [4.69, 9.17) is 4.74 Å². The Kier molecular flexibility index (Phi) is 3.90. The maximum Gasteiger partial charge on any atom is 0.246 e. The molecule has 0 radical (unpaired) electrons. The van der Waals surface area contributed by atoms with Crippen molar-refractivity contribution in [2.45, 2.75) is 51.2 Å². The number of carbonyl (C=O) groups is 2. The average molecular weight is 254 g/mol. The molecule has 0 aromatic heterocycles. The quantitative estimate of drug-likeness (QED) is 0.779. The number of methoxy groups -OCH3 is 1. The van der Waals surface area contributed by atoms with Gasteiger partial charge in [0.1, 0.15) is 12.1 Å². The number of hydrogen-bond acceptors (Lipinski definition) is 3. The van der Waals surface area contributed by atoms with E-state index in [1.807, 2.05) is 13.8 Å². The molecule has 18 heavy (non-hydrogen) atoms. The van der Waals surface area contributed by atoms with Gasteiger partial charge in [-0.25, -0.2) is 0 Å². The number of rotatable bonds is 5. The zero-order valence-corrected chi connectivity index (χ0v) is 11.3. The van der Waals surface area contributed by atoms with Crippen molar-refractivity contribution in [1.82, 2.24) is 10.2 Å². The number of nitrogens with zero attached hydrogens (tertiary/aromatic N) is 1. The molecule has 1 aliphatic heterocycles. The maximum absolute atomic E-state index is 12.4. The molecule has 3 atom stereocenters. The second-order valence-electron chi connectivity index (χ2n) is 5.30. The van der Waals surface area contributed by atoms with Crippen molar-refractivity contribution in [3.8, 4) is 0 Å². The lowest BCUT2D eigenvalue weighted by atomic mass is 9.99. The van der Waals surface area contributed by atoms with E-state index in [0.717, 1.165) is 12.8 Å². The summed E-state index contributed by atoms with van der Waals surface area (Å²) in [6.07, 6.45) is 2.72. The van der Waals surface area contributed by atoms with Crippen molar-refractivity contribution >= 4 is 11.8 Å². The van der Waals surface area contributed by atoms with E-state index in [1.165, 1.54) is 0 Å². The van der Waals surface area contributed by atoms with E-state index in [9.17, 15) is 9.59 Å². The van der Waals surface area contributed by atoms with Crippen LogP contribution in [0.15, 0.2) is 0 Å². The van der Waals surface area contributed by atoms with Crippen LogP contribution in [0.2, 0.25) is 0 Å². The monoisotopic (exact) mass is 254 g/mol. The first-order chi connectivity index (χ1) is 8.60. The molecule has 5 heteroatoms. The second kappa shape index (κ2) is 5.26. The zero-order valence-electron chi connectivity index (χ0n) is 11.3. The van der Waals surface area contributed by atoms with Crippen molar-refractivity contribution in [3.63, 3.8) is 0 Å². The molecule has 102 valence electrons.